The maximum Gasteiger partial charge on any atom is 0.269 e. The van der Waals surface area contributed by atoms with Gasteiger partial charge in [0.15, 0.2) is 0 Å². The van der Waals surface area contributed by atoms with Crippen LogP contribution in [0.4, 0.5) is 5.69 Å². The van der Waals surface area contributed by atoms with Crippen LogP contribution < -0.4 is 0 Å². The van der Waals surface area contributed by atoms with Gasteiger partial charge in [0.2, 0.25) is 11.8 Å². The third kappa shape index (κ3) is 2.97. The lowest BCUT2D eigenvalue weighted by Crippen LogP contribution is -2.38. The Morgan fingerprint density at radius 3 is 2.55 bits per heavy atom. The van der Waals surface area contributed by atoms with Crippen molar-refractivity contribution in [3.05, 3.63) is 40.3 Å². The minimum atomic E-state index is -0.441. The summed E-state index contributed by atoms with van der Waals surface area (Å²) in [6, 6.07) is 6.07. The highest BCUT2D eigenvalue weighted by molar-refractivity contribution is 5.55. The molecule has 1 atom stereocenters. The molecular weight excluding hydrogens is 288 g/mol. The van der Waals surface area contributed by atoms with Crippen LogP contribution in [0.3, 0.4) is 0 Å². The summed E-state index contributed by atoms with van der Waals surface area (Å²) in [6.45, 7) is 5.08. The first-order valence-electron chi connectivity index (χ1n) is 7.05. The number of morpholine rings is 1. The van der Waals surface area contributed by atoms with E-state index in [9.17, 15) is 10.1 Å². The summed E-state index contributed by atoms with van der Waals surface area (Å²) in [4.78, 5) is 12.4. The number of rotatable bonds is 4. The van der Waals surface area contributed by atoms with Gasteiger partial charge >= 0.3 is 0 Å². The lowest BCUT2D eigenvalue weighted by molar-refractivity contribution is -0.384. The fourth-order valence-corrected chi connectivity index (χ4v) is 2.37. The summed E-state index contributed by atoms with van der Waals surface area (Å²) in [5, 5.41) is 18.8. The Kier molecular flexibility index (Phi) is 4.12. The van der Waals surface area contributed by atoms with Gasteiger partial charge in [-0.2, -0.15) is 0 Å². The first-order valence-corrected chi connectivity index (χ1v) is 7.05. The molecule has 1 aromatic heterocycles. The average Bonchev–Trinajstić information content (AvgIpc) is 3.05. The molecule has 1 aliphatic rings. The van der Waals surface area contributed by atoms with Crippen molar-refractivity contribution >= 4 is 5.69 Å². The normalized spacial score (nSPS) is 17.3. The van der Waals surface area contributed by atoms with E-state index in [4.69, 9.17) is 9.15 Å². The number of nitrogens with zero attached hydrogens (tertiary/aromatic N) is 4. The van der Waals surface area contributed by atoms with Crippen molar-refractivity contribution < 1.29 is 14.1 Å². The Hall–Kier alpha value is -2.32. The molecule has 0 N–H and O–H groups in total. The van der Waals surface area contributed by atoms with Gasteiger partial charge in [0.25, 0.3) is 5.69 Å². The SMILES string of the molecule is C[C@@H](c1nnc(-c2ccc([N+](=O)[O-])cc2)o1)N1CCOCC1. The molecule has 8 heteroatoms. The van der Waals surface area contributed by atoms with Crippen molar-refractivity contribution in [3.8, 4) is 11.5 Å². The van der Waals surface area contributed by atoms with Crippen LogP contribution in [0.15, 0.2) is 28.7 Å². The highest BCUT2D eigenvalue weighted by Crippen LogP contribution is 2.25. The number of hydrogen-bond acceptors (Lipinski definition) is 7. The van der Waals surface area contributed by atoms with Crippen LogP contribution in [0, 0.1) is 10.1 Å². The van der Waals surface area contributed by atoms with Crippen LogP contribution in [0.2, 0.25) is 0 Å². The van der Waals surface area contributed by atoms with Gasteiger partial charge in [-0.15, -0.1) is 10.2 Å². The number of nitro groups is 1. The number of nitro benzene ring substituents is 1. The Balaban J connectivity index is 1.76. The molecular formula is C14H16N4O4. The van der Waals surface area contributed by atoms with Gasteiger partial charge in [-0.25, -0.2) is 0 Å². The predicted octanol–water partition coefficient (Wildman–Crippen LogP) is 2.04. The molecule has 2 heterocycles. The second-order valence-electron chi connectivity index (χ2n) is 5.07. The quantitative estimate of drug-likeness (QED) is 0.630. The van der Waals surface area contributed by atoms with E-state index in [1.54, 1.807) is 12.1 Å². The summed E-state index contributed by atoms with van der Waals surface area (Å²) in [5.74, 6) is 0.903. The Bertz CT molecular complexity index is 649. The molecule has 0 amide bonds. The van der Waals surface area contributed by atoms with Crippen LogP contribution in [0.5, 0.6) is 0 Å². The molecule has 1 aromatic carbocycles. The number of aromatic nitrogens is 2. The van der Waals surface area contributed by atoms with E-state index in [-0.39, 0.29) is 11.7 Å². The Morgan fingerprint density at radius 2 is 1.91 bits per heavy atom. The smallest absolute Gasteiger partial charge is 0.269 e. The third-order valence-corrected chi connectivity index (χ3v) is 3.72. The maximum atomic E-state index is 10.7. The van der Waals surface area contributed by atoms with Crippen molar-refractivity contribution in [2.75, 3.05) is 26.3 Å². The molecule has 8 nitrogen and oxygen atoms in total. The molecule has 3 rings (SSSR count). The molecule has 2 aromatic rings. The van der Waals surface area contributed by atoms with Gasteiger partial charge in [-0.3, -0.25) is 15.0 Å². The topological polar surface area (TPSA) is 94.5 Å². The van der Waals surface area contributed by atoms with Crippen molar-refractivity contribution in [1.82, 2.24) is 15.1 Å². The number of hydrogen-bond donors (Lipinski definition) is 0. The zero-order chi connectivity index (χ0) is 15.5. The molecule has 0 spiro atoms. The van der Waals surface area contributed by atoms with Crippen LogP contribution in [0.25, 0.3) is 11.5 Å². The van der Waals surface area contributed by atoms with Crippen molar-refractivity contribution in [3.63, 3.8) is 0 Å². The van der Waals surface area contributed by atoms with Crippen LogP contribution in [0.1, 0.15) is 18.9 Å². The second kappa shape index (κ2) is 6.20. The minimum absolute atomic E-state index is 0.0169. The number of ether oxygens (including phenoxy) is 1. The summed E-state index contributed by atoms with van der Waals surface area (Å²) >= 11 is 0. The summed E-state index contributed by atoms with van der Waals surface area (Å²) in [5.41, 5.74) is 0.698. The zero-order valence-electron chi connectivity index (χ0n) is 12.1. The maximum absolute atomic E-state index is 10.7. The third-order valence-electron chi connectivity index (χ3n) is 3.72. The van der Waals surface area contributed by atoms with Crippen LogP contribution in [-0.4, -0.2) is 46.3 Å². The molecule has 116 valence electrons. The first-order chi connectivity index (χ1) is 10.6. The van der Waals surface area contributed by atoms with E-state index in [2.05, 4.69) is 15.1 Å². The molecule has 22 heavy (non-hydrogen) atoms. The van der Waals surface area contributed by atoms with Crippen LogP contribution >= 0.6 is 0 Å². The number of non-ortho nitro benzene ring substituents is 1. The molecule has 0 unspecified atom stereocenters. The van der Waals surface area contributed by atoms with Gasteiger partial charge in [0.1, 0.15) is 0 Å². The summed E-state index contributed by atoms with van der Waals surface area (Å²) in [7, 11) is 0. The standard InChI is InChI=1S/C14H16N4O4/c1-10(17-6-8-21-9-7-17)13-15-16-14(22-13)11-2-4-12(5-3-11)18(19)20/h2-5,10H,6-9H2,1H3/t10-/m0/s1. The van der Waals surface area contributed by atoms with Gasteiger partial charge in [-0.1, -0.05) is 0 Å². The molecule has 0 saturated carbocycles. The molecule has 1 fully saturated rings. The molecule has 1 saturated heterocycles. The van der Waals surface area contributed by atoms with Crippen molar-refractivity contribution in [2.24, 2.45) is 0 Å². The molecule has 0 bridgehead atoms. The second-order valence-corrected chi connectivity index (χ2v) is 5.07. The Morgan fingerprint density at radius 1 is 1.23 bits per heavy atom. The van der Waals surface area contributed by atoms with Crippen molar-refractivity contribution in [2.45, 2.75) is 13.0 Å². The largest absolute Gasteiger partial charge is 0.419 e. The fraction of sp³-hybridized carbons (Fsp3) is 0.429. The monoisotopic (exact) mass is 304 g/mol. The molecule has 0 aliphatic carbocycles. The van der Waals surface area contributed by atoms with Gasteiger partial charge in [-0.05, 0) is 19.1 Å². The van der Waals surface area contributed by atoms with Crippen molar-refractivity contribution in [1.29, 1.82) is 0 Å². The fourth-order valence-electron chi connectivity index (χ4n) is 2.37. The van der Waals surface area contributed by atoms with Crippen LogP contribution in [-0.2, 0) is 4.74 Å². The summed E-state index contributed by atoms with van der Waals surface area (Å²) in [6.07, 6.45) is 0. The van der Waals surface area contributed by atoms with Gasteiger partial charge in [0, 0.05) is 30.8 Å². The lowest BCUT2D eigenvalue weighted by atomic mass is 10.2. The highest BCUT2D eigenvalue weighted by Gasteiger charge is 2.23. The van der Waals surface area contributed by atoms with E-state index in [0.29, 0.717) is 30.6 Å². The lowest BCUT2D eigenvalue weighted by Gasteiger charge is -2.30. The average molecular weight is 304 g/mol. The van der Waals surface area contributed by atoms with E-state index in [1.807, 2.05) is 6.92 Å². The molecule has 1 aliphatic heterocycles. The zero-order valence-corrected chi connectivity index (χ0v) is 12.1. The molecule has 0 radical (unpaired) electrons. The Labute approximate surface area is 126 Å². The van der Waals surface area contributed by atoms with Gasteiger partial charge < -0.3 is 9.15 Å². The first kappa shape index (κ1) is 14.6. The summed E-state index contributed by atoms with van der Waals surface area (Å²) < 4.78 is 11.0. The predicted molar refractivity (Wildman–Crippen MR) is 77.2 cm³/mol. The number of benzene rings is 1. The minimum Gasteiger partial charge on any atom is -0.419 e. The van der Waals surface area contributed by atoms with E-state index >= 15 is 0 Å². The highest BCUT2D eigenvalue weighted by atomic mass is 16.6. The van der Waals surface area contributed by atoms with E-state index in [0.717, 1.165) is 13.1 Å². The van der Waals surface area contributed by atoms with E-state index in [1.165, 1.54) is 12.1 Å². The van der Waals surface area contributed by atoms with Gasteiger partial charge in [0.05, 0.1) is 24.2 Å². The van der Waals surface area contributed by atoms with E-state index < -0.39 is 4.92 Å².